The van der Waals surface area contributed by atoms with Crippen LogP contribution >= 0.6 is 35.3 Å². The third-order valence-electron chi connectivity index (χ3n) is 3.36. The summed E-state index contributed by atoms with van der Waals surface area (Å²) in [7, 11) is 0. The Morgan fingerprint density at radius 2 is 1.72 bits per heavy atom. The fraction of sp³-hybridized carbons (Fsp3) is 0.333. The van der Waals surface area contributed by atoms with Gasteiger partial charge in [-0.3, -0.25) is 4.79 Å². The number of guanidine groups is 1. The van der Waals surface area contributed by atoms with Crippen molar-refractivity contribution in [3.8, 4) is 0 Å². The molecule has 0 unspecified atom stereocenters. The van der Waals surface area contributed by atoms with Gasteiger partial charge < -0.3 is 16.0 Å². The molecule has 0 radical (unpaired) electrons. The third-order valence-corrected chi connectivity index (χ3v) is 4.09. The van der Waals surface area contributed by atoms with Gasteiger partial charge in [0, 0.05) is 25.2 Å². The first-order valence-electron chi connectivity index (χ1n) is 8.13. The number of aliphatic imine (C=N–C) groups is 1. The van der Waals surface area contributed by atoms with E-state index >= 15 is 0 Å². The molecule has 0 spiro atoms. The maximum absolute atomic E-state index is 11.7. The van der Waals surface area contributed by atoms with E-state index in [1.165, 1.54) is 5.56 Å². The van der Waals surface area contributed by atoms with Crippen molar-refractivity contribution in [2.75, 3.05) is 13.1 Å². The Balaban J connectivity index is 0.00000312. The largest absolute Gasteiger partial charge is 0.357 e. The summed E-state index contributed by atoms with van der Waals surface area (Å²) < 4.78 is 0. The summed E-state index contributed by atoms with van der Waals surface area (Å²) in [6.07, 6.45) is 0. The Labute approximate surface area is 170 Å². The minimum atomic E-state index is -0.0392. The van der Waals surface area contributed by atoms with Crippen LogP contribution in [0.15, 0.2) is 46.1 Å². The molecule has 0 fully saturated rings. The SMILES string of the molecule is CCNC(=O)c1ccc(CNC(=NCc2ccsc2)NCC)cc1.I. The summed E-state index contributed by atoms with van der Waals surface area (Å²) in [6.45, 7) is 6.72. The van der Waals surface area contributed by atoms with Gasteiger partial charge in [-0.15, -0.1) is 24.0 Å². The highest BCUT2D eigenvalue weighted by molar-refractivity contribution is 14.0. The fourth-order valence-corrected chi connectivity index (χ4v) is 2.78. The van der Waals surface area contributed by atoms with Crippen LogP contribution in [0.2, 0.25) is 0 Å². The van der Waals surface area contributed by atoms with Gasteiger partial charge in [-0.1, -0.05) is 12.1 Å². The quantitative estimate of drug-likeness (QED) is 0.329. The molecule has 1 aromatic heterocycles. The molecule has 25 heavy (non-hydrogen) atoms. The van der Waals surface area contributed by atoms with E-state index in [2.05, 4.69) is 37.8 Å². The summed E-state index contributed by atoms with van der Waals surface area (Å²) in [5, 5.41) is 13.5. The van der Waals surface area contributed by atoms with E-state index in [-0.39, 0.29) is 29.9 Å². The zero-order chi connectivity index (χ0) is 17.2. The first-order valence-corrected chi connectivity index (χ1v) is 9.07. The second kappa shape index (κ2) is 11.9. The lowest BCUT2D eigenvalue weighted by Crippen LogP contribution is -2.36. The van der Waals surface area contributed by atoms with Crippen molar-refractivity contribution in [2.45, 2.75) is 26.9 Å². The number of carbonyl (C=O) groups is 1. The van der Waals surface area contributed by atoms with Crippen LogP contribution in [0, 0.1) is 0 Å². The molecule has 1 amide bonds. The molecule has 0 atom stereocenters. The number of hydrogen-bond donors (Lipinski definition) is 3. The standard InChI is InChI=1S/C18H24N4OS.HI/c1-3-19-17(23)16-7-5-14(6-8-16)11-21-18(20-4-2)22-12-15-9-10-24-13-15;/h5-10,13H,3-4,11-12H2,1-2H3,(H,19,23)(H2,20,21,22);1H. The number of halogens is 1. The highest BCUT2D eigenvalue weighted by atomic mass is 127. The molecule has 2 aromatic rings. The van der Waals surface area contributed by atoms with E-state index in [0.29, 0.717) is 25.2 Å². The summed E-state index contributed by atoms with van der Waals surface area (Å²) in [5.74, 6) is 0.749. The van der Waals surface area contributed by atoms with E-state index in [1.54, 1.807) is 11.3 Å². The lowest BCUT2D eigenvalue weighted by molar-refractivity contribution is 0.0956. The van der Waals surface area contributed by atoms with E-state index in [0.717, 1.165) is 18.1 Å². The van der Waals surface area contributed by atoms with E-state index < -0.39 is 0 Å². The highest BCUT2D eigenvalue weighted by Gasteiger charge is 2.04. The van der Waals surface area contributed by atoms with Gasteiger partial charge in [0.25, 0.3) is 5.91 Å². The van der Waals surface area contributed by atoms with Gasteiger partial charge in [0.2, 0.25) is 0 Å². The zero-order valence-corrected chi connectivity index (χ0v) is 17.7. The van der Waals surface area contributed by atoms with Crippen LogP contribution in [0.1, 0.15) is 35.3 Å². The summed E-state index contributed by atoms with van der Waals surface area (Å²) in [6, 6.07) is 9.69. The van der Waals surface area contributed by atoms with Gasteiger partial charge in [0.15, 0.2) is 5.96 Å². The molecule has 5 nitrogen and oxygen atoms in total. The minimum absolute atomic E-state index is 0. The van der Waals surface area contributed by atoms with Crippen LogP contribution in [-0.2, 0) is 13.1 Å². The zero-order valence-electron chi connectivity index (χ0n) is 14.5. The van der Waals surface area contributed by atoms with Crippen LogP contribution in [0.25, 0.3) is 0 Å². The van der Waals surface area contributed by atoms with Crippen LogP contribution in [0.4, 0.5) is 0 Å². The summed E-state index contributed by atoms with van der Waals surface area (Å²) >= 11 is 1.68. The van der Waals surface area contributed by atoms with Crippen LogP contribution < -0.4 is 16.0 Å². The van der Waals surface area contributed by atoms with E-state index in [4.69, 9.17) is 0 Å². The van der Waals surface area contributed by atoms with Crippen LogP contribution in [0.3, 0.4) is 0 Å². The lowest BCUT2D eigenvalue weighted by Gasteiger charge is -2.11. The molecule has 2 rings (SSSR count). The number of rotatable bonds is 7. The maximum Gasteiger partial charge on any atom is 0.251 e. The molecule has 0 saturated heterocycles. The van der Waals surface area contributed by atoms with Gasteiger partial charge in [-0.2, -0.15) is 11.3 Å². The smallest absolute Gasteiger partial charge is 0.251 e. The Morgan fingerprint density at radius 3 is 2.32 bits per heavy atom. The number of amides is 1. The number of nitrogens with one attached hydrogen (secondary N) is 3. The van der Waals surface area contributed by atoms with Crippen molar-refractivity contribution >= 4 is 47.2 Å². The molecule has 3 N–H and O–H groups in total. The molecule has 7 heteroatoms. The molecular weight excluding hydrogens is 447 g/mol. The van der Waals surface area contributed by atoms with Gasteiger partial charge in [0.05, 0.1) is 6.54 Å². The van der Waals surface area contributed by atoms with Crippen molar-refractivity contribution in [3.63, 3.8) is 0 Å². The molecular formula is C18H25IN4OS. The van der Waals surface area contributed by atoms with Gasteiger partial charge in [0.1, 0.15) is 0 Å². The topological polar surface area (TPSA) is 65.5 Å². The molecule has 1 heterocycles. The van der Waals surface area contributed by atoms with Crippen molar-refractivity contribution in [2.24, 2.45) is 4.99 Å². The first-order chi connectivity index (χ1) is 11.7. The minimum Gasteiger partial charge on any atom is -0.357 e. The average Bonchev–Trinajstić information content (AvgIpc) is 3.11. The van der Waals surface area contributed by atoms with Crippen LogP contribution in [0.5, 0.6) is 0 Å². The maximum atomic E-state index is 11.7. The van der Waals surface area contributed by atoms with Crippen molar-refractivity contribution < 1.29 is 4.79 Å². The molecule has 136 valence electrons. The predicted molar refractivity (Wildman–Crippen MR) is 116 cm³/mol. The Bertz CT molecular complexity index is 656. The molecule has 0 aliphatic rings. The van der Waals surface area contributed by atoms with Gasteiger partial charge in [-0.25, -0.2) is 4.99 Å². The molecule has 0 saturated carbocycles. The van der Waals surface area contributed by atoms with Crippen LogP contribution in [-0.4, -0.2) is 25.0 Å². The fourth-order valence-electron chi connectivity index (χ4n) is 2.12. The van der Waals surface area contributed by atoms with Gasteiger partial charge in [-0.05, 0) is 53.9 Å². The second-order valence-corrected chi connectivity index (χ2v) is 6.02. The van der Waals surface area contributed by atoms with E-state index in [1.807, 2.05) is 38.1 Å². The lowest BCUT2D eigenvalue weighted by atomic mass is 10.1. The van der Waals surface area contributed by atoms with Crippen molar-refractivity contribution in [1.29, 1.82) is 0 Å². The van der Waals surface area contributed by atoms with Crippen molar-refractivity contribution in [3.05, 3.63) is 57.8 Å². The van der Waals surface area contributed by atoms with Crippen molar-refractivity contribution in [1.82, 2.24) is 16.0 Å². The Kier molecular flexibility index (Phi) is 10.2. The summed E-state index contributed by atoms with van der Waals surface area (Å²) in [4.78, 5) is 16.3. The number of carbonyl (C=O) groups excluding carboxylic acids is 1. The highest BCUT2D eigenvalue weighted by Crippen LogP contribution is 2.07. The Hall–Kier alpha value is -1.61. The third kappa shape index (κ3) is 7.43. The average molecular weight is 472 g/mol. The molecule has 0 bridgehead atoms. The molecule has 0 aliphatic heterocycles. The Morgan fingerprint density at radius 1 is 1.00 bits per heavy atom. The first kappa shape index (κ1) is 21.4. The van der Waals surface area contributed by atoms with E-state index in [9.17, 15) is 4.79 Å². The number of nitrogens with zero attached hydrogens (tertiary/aromatic N) is 1. The molecule has 1 aromatic carbocycles. The second-order valence-electron chi connectivity index (χ2n) is 5.24. The number of benzene rings is 1. The predicted octanol–water partition coefficient (Wildman–Crippen LogP) is 3.37. The number of hydrogen-bond acceptors (Lipinski definition) is 3. The number of thiophene rings is 1. The normalized spacial score (nSPS) is 10.7. The molecule has 0 aliphatic carbocycles. The monoisotopic (exact) mass is 472 g/mol. The summed E-state index contributed by atoms with van der Waals surface area (Å²) in [5.41, 5.74) is 2.99. The van der Waals surface area contributed by atoms with Gasteiger partial charge >= 0.3 is 0 Å².